The Morgan fingerprint density at radius 1 is 1.16 bits per heavy atom. The Balaban J connectivity index is 1.73. The third kappa shape index (κ3) is 3.61. The third-order valence-electron chi connectivity index (χ3n) is 3.78. The lowest BCUT2D eigenvalue weighted by Crippen LogP contribution is -2.37. The minimum absolute atomic E-state index is 0.0547. The normalized spacial score (nSPS) is 19.6. The average molecular weight is 349 g/mol. The maximum atomic E-state index is 13.4. The van der Waals surface area contributed by atoms with E-state index in [-0.39, 0.29) is 11.4 Å². The minimum Gasteiger partial charge on any atom is -0.476 e. The highest BCUT2D eigenvalue weighted by Crippen LogP contribution is 2.30. The monoisotopic (exact) mass is 349 g/mol. The fourth-order valence-corrected chi connectivity index (χ4v) is 2.55. The number of ether oxygens (including phenoxy) is 1. The van der Waals surface area contributed by atoms with Crippen LogP contribution in [0.1, 0.15) is 39.1 Å². The molecule has 7 nitrogen and oxygen atoms in total. The number of halogens is 2. The zero-order chi connectivity index (χ0) is 18.0. The van der Waals surface area contributed by atoms with Gasteiger partial charge in [-0.2, -0.15) is 0 Å². The molecule has 1 aliphatic heterocycles. The number of benzene rings is 1. The van der Waals surface area contributed by atoms with Crippen molar-refractivity contribution in [3.63, 3.8) is 0 Å². The first kappa shape index (κ1) is 16.9. The summed E-state index contributed by atoms with van der Waals surface area (Å²) in [5.41, 5.74) is 0.0790. The van der Waals surface area contributed by atoms with Gasteiger partial charge in [-0.3, -0.25) is 4.79 Å². The Hall–Kier alpha value is -2.94. The van der Waals surface area contributed by atoms with Crippen LogP contribution in [0.3, 0.4) is 0 Å². The van der Waals surface area contributed by atoms with Gasteiger partial charge in [0, 0.05) is 6.61 Å². The molecule has 0 radical (unpaired) electrons. The van der Waals surface area contributed by atoms with Crippen LogP contribution in [0.25, 0.3) is 0 Å². The molecule has 2 unspecified atom stereocenters. The van der Waals surface area contributed by atoms with Crippen LogP contribution >= 0.6 is 0 Å². The summed E-state index contributed by atoms with van der Waals surface area (Å²) in [6.45, 7) is 0.345. The summed E-state index contributed by atoms with van der Waals surface area (Å²) >= 11 is 0. The van der Waals surface area contributed by atoms with Crippen LogP contribution in [0.2, 0.25) is 0 Å². The highest BCUT2D eigenvalue weighted by molar-refractivity contribution is 5.93. The van der Waals surface area contributed by atoms with Crippen molar-refractivity contribution in [1.29, 1.82) is 0 Å². The number of rotatable bonds is 4. The molecule has 0 spiro atoms. The molecular weight excluding hydrogens is 336 g/mol. The lowest BCUT2D eigenvalue weighted by molar-refractivity contribution is 0.0688. The standard InChI is InChI=1S/C16H13F2N3O4/c17-9-2-1-8(5-10(9)18)14-11(3-4-25-14)21-15(22)12-6-20-13(7-19-12)16(23)24/h1-2,5-7,11,14H,3-4H2,(H,21,22)(H,23,24). The molecule has 2 heterocycles. The number of hydrogen-bond acceptors (Lipinski definition) is 5. The van der Waals surface area contributed by atoms with Crippen molar-refractivity contribution >= 4 is 11.9 Å². The van der Waals surface area contributed by atoms with Gasteiger partial charge in [0.25, 0.3) is 5.91 Å². The Morgan fingerprint density at radius 2 is 1.88 bits per heavy atom. The van der Waals surface area contributed by atoms with Gasteiger partial charge < -0.3 is 15.2 Å². The highest BCUT2D eigenvalue weighted by Gasteiger charge is 2.32. The number of carbonyl (C=O) groups is 2. The van der Waals surface area contributed by atoms with Crippen molar-refractivity contribution < 1.29 is 28.2 Å². The zero-order valence-corrected chi connectivity index (χ0v) is 12.8. The molecule has 1 fully saturated rings. The van der Waals surface area contributed by atoms with E-state index >= 15 is 0 Å². The van der Waals surface area contributed by atoms with Gasteiger partial charge in [0.2, 0.25) is 0 Å². The first-order chi connectivity index (χ1) is 12.0. The first-order valence-corrected chi connectivity index (χ1v) is 7.38. The van der Waals surface area contributed by atoms with E-state index in [1.54, 1.807) is 0 Å². The lowest BCUT2D eigenvalue weighted by Gasteiger charge is -2.20. The number of hydrogen-bond donors (Lipinski definition) is 2. The Kier molecular flexibility index (Phi) is 4.66. The van der Waals surface area contributed by atoms with Crippen LogP contribution in [-0.4, -0.2) is 39.6 Å². The number of aromatic nitrogens is 2. The molecule has 130 valence electrons. The van der Waals surface area contributed by atoms with Crippen molar-refractivity contribution in [1.82, 2.24) is 15.3 Å². The van der Waals surface area contributed by atoms with Crippen molar-refractivity contribution in [3.8, 4) is 0 Å². The van der Waals surface area contributed by atoms with E-state index in [1.165, 1.54) is 6.07 Å². The molecule has 2 N–H and O–H groups in total. The quantitative estimate of drug-likeness (QED) is 0.871. The van der Waals surface area contributed by atoms with E-state index in [0.29, 0.717) is 18.6 Å². The molecule has 1 aromatic heterocycles. The van der Waals surface area contributed by atoms with Gasteiger partial charge in [0.05, 0.1) is 18.4 Å². The zero-order valence-electron chi connectivity index (χ0n) is 12.8. The van der Waals surface area contributed by atoms with Crippen molar-refractivity contribution in [2.24, 2.45) is 0 Å². The number of carbonyl (C=O) groups excluding carboxylic acids is 1. The molecule has 1 aromatic carbocycles. The van der Waals surface area contributed by atoms with Crippen molar-refractivity contribution in [2.45, 2.75) is 18.6 Å². The molecule has 1 aliphatic rings. The fourth-order valence-electron chi connectivity index (χ4n) is 2.55. The fraction of sp³-hybridized carbons (Fsp3) is 0.250. The van der Waals surface area contributed by atoms with Gasteiger partial charge >= 0.3 is 5.97 Å². The molecule has 0 saturated carbocycles. The van der Waals surface area contributed by atoms with Crippen LogP contribution < -0.4 is 5.32 Å². The lowest BCUT2D eigenvalue weighted by atomic mass is 10.0. The number of aromatic carboxylic acids is 1. The molecule has 25 heavy (non-hydrogen) atoms. The molecule has 1 saturated heterocycles. The second-order valence-corrected chi connectivity index (χ2v) is 5.43. The average Bonchev–Trinajstić information content (AvgIpc) is 3.05. The molecular formula is C16H13F2N3O4. The molecule has 2 aromatic rings. The van der Waals surface area contributed by atoms with Crippen LogP contribution in [0.4, 0.5) is 8.78 Å². The van der Waals surface area contributed by atoms with Crippen molar-refractivity contribution in [2.75, 3.05) is 6.61 Å². The predicted molar refractivity (Wildman–Crippen MR) is 79.9 cm³/mol. The van der Waals surface area contributed by atoms with E-state index in [1.807, 2.05) is 0 Å². The topological polar surface area (TPSA) is 101 Å². The number of carboxylic acids is 1. The molecule has 9 heteroatoms. The van der Waals surface area contributed by atoms with Crippen molar-refractivity contribution in [3.05, 3.63) is 59.2 Å². The second-order valence-electron chi connectivity index (χ2n) is 5.43. The number of nitrogens with one attached hydrogen (secondary N) is 1. The van der Waals surface area contributed by atoms with Gasteiger partial charge in [-0.05, 0) is 24.1 Å². The van der Waals surface area contributed by atoms with E-state index in [2.05, 4.69) is 15.3 Å². The number of amides is 1. The minimum atomic E-state index is -1.25. The molecule has 3 rings (SSSR count). The Labute approximate surface area is 140 Å². The third-order valence-corrected chi connectivity index (χ3v) is 3.78. The Bertz CT molecular complexity index is 814. The number of nitrogens with zero attached hydrogens (tertiary/aromatic N) is 2. The molecule has 2 atom stereocenters. The van der Waals surface area contributed by atoms with Crippen LogP contribution in [-0.2, 0) is 4.74 Å². The van der Waals surface area contributed by atoms with E-state index < -0.39 is 35.7 Å². The summed E-state index contributed by atoms with van der Waals surface area (Å²) in [6.07, 6.45) is 1.90. The summed E-state index contributed by atoms with van der Waals surface area (Å²) in [7, 11) is 0. The highest BCUT2D eigenvalue weighted by atomic mass is 19.2. The van der Waals surface area contributed by atoms with Gasteiger partial charge in [0.1, 0.15) is 11.8 Å². The molecule has 0 bridgehead atoms. The number of carboxylic acid groups (broad SMARTS) is 1. The summed E-state index contributed by atoms with van der Waals surface area (Å²) in [4.78, 5) is 30.4. The SMILES string of the molecule is O=C(O)c1cnc(C(=O)NC2CCOC2c2ccc(F)c(F)c2)cn1. The van der Waals surface area contributed by atoms with Crippen LogP contribution in [0, 0.1) is 11.6 Å². The largest absolute Gasteiger partial charge is 0.476 e. The maximum Gasteiger partial charge on any atom is 0.356 e. The van der Waals surface area contributed by atoms with E-state index in [9.17, 15) is 18.4 Å². The van der Waals surface area contributed by atoms with Gasteiger partial charge in [-0.15, -0.1) is 0 Å². The predicted octanol–water partition coefficient (Wildman–Crippen LogP) is 1.71. The van der Waals surface area contributed by atoms with Crippen LogP contribution in [0.15, 0.2) is 30.6 Å². The second kappa shape index (κ2) is 6.89. The summed E-state index contributed by atoms with van der Waals surface area (Å²) in [5, 5.41) is 11.5. The summed E-state index contributed by atoms with van der Waals surface area (Å²) in [5.74, 6) is -3.76. The van der Waals surface area contributed by atoms with Gasteiger partial charge in [0.15, 0.2) is 17.3 Å². The summed E-state index contributed by atoms with van der Waals surface area (Å²) < 4.78 is 32.0. The van der Waals surface area contributed by atoms with Gasteiger partial charge in [-0.1, -0.05) is 6.07 Å². The van der Waals surface area contributed by atoms with E-state index in [4.69, 9.17) is 9.84 Å². The molecule has 1 amide bonds. The van der Waals surface area contributed by atoms with Crippen LogP contribution in [0.5, 0.6) is 0 Å². The van der Waals surface area contributed by atoms with E-state index in [0.717, 1.165) is 24.5 Å². The van der Waals surface area contributed by atoms with Gasteiger partial charge in [-0.25, -0.2) is 23.5 Å². The molecule has 0 aliphatic carbocycles. The summed E-state index contributed by atoms with van der Waals surface area (Å²) in [6, 6.07) is 2.97. The first-order valence-electron chi connectivity index (χ1n) is 7.38. The smallest absolute Gasteiger partial charge is 0.356 e. The Morgan fingerprint density at radius 3 is 2.52 bits per heavy atom. The maximum absolute atomic E-state index is 13.4.